The van der Waals surface area contributed by atoms with Crippen LogP contribution in [0.4, 0.5) is 8.78 Å². The molecule has 0 heterocycles. The first-order chi connectivity index (χ1) is 12.0. The van der Waals surface area contributed by atoms with Gasteiger partial charge < -0.3 is 9.84 Å². The third kappa shape index (κ3) is 5.74. The summed E-state index contributed by atoms with van der Waals surface area (Å²) in [4.78, 5) is 11.9. The van der Waals surface area contributed by atoms with E-state index in [9.17, 15) is 18.7 Å². The Labute approximate surface area is 163 Å². The van der Waals surface area contributed by atoms with Crippen LogP contribution in [0.5, 0.6) is 0 Å². The molecule has 1 unspecified atom stereocenters. The van der Waals surface area contributed by atoms with Crippen LogP contribution in [0.1, 0.15) is 58.9 Å². The van der Waals surface area contributed by atoms with E-state index in [1.165, 1.54) is 20.8 Å². The van der Waals surface area contributed by atoms with Crippen LogP contribution in [0.3, 0.4) is 0 Å². The van der Waals surface area contributed by atoms with Gasteiger partial charge in [0.05, 0.1) is 17.4 Å². The van der Waals surface area contributed by atoms with Gasteiger partial charge in [-0.2, -0.15) is 0 Å². The monoisotopic (exact) mass is 434 g/mol. The average Bonchev–Trinajstić information content (AvgIpc) is 2.56. The smallest absolute Gasteiger partial charge is 0.313 e. The summed E-state index contributed by atoms with van der Waals surface area (Å²) in [7, 11) is 0. The van der Waals surface area contributed by atoms with Gasteiger partial charge in [-0.05, 0) is 37.5 Å². The molecule has 148 valence electrons. The van der Waals surface area contributed by atoms with E-state index in [-0.39, 0.29) is 13.0 Å². The number of benzene rings is 1. The molecule has 0 aromatic heterocycles. The van der Waals surface area contributed by atoms with Gasteiger partial charge in [0.15, 0.2) is 0 Å². The third-order valence-electron chi connectivity index (χ3n) is 4.97. The number of unbranched alkanes of at least 4 members (excludes halogenated alkanes) is 1. The van der Waals surface area contributed by atoms with E-state index >= 15 is 0 Å². The van der Waals surface area contributed by atoms with Crippen molar-refractivity contribution in [1.82, 2.24) is 0 Å². The average molecular weight is 435 g/mol. The maximum absolute atomic E-state index is 14.8. The van der Waals surface area contributed by atoms with Crippen LogP contribution in [-0.2, 0) is 14.9 Å². The highest BCUT2D eigenvalue weighted by atomic mass is 79.9. The van der Waals surface area contributed by atoms with Crippen molar-refractivity contribution in [1.29, 1.82) is 0 Å². The summed E-state index contributed by atoms with van der Waals surface area (Å²) in [5.41, 5.74) is -2.24. The molecule has 0 radical (unpaired) electrons. The van der Waals surface area contributed by atoms with Gasteiger partial charge in [-0.3, -0.25) is 4.79 Å². The number of ether oxygens (including phenoxy) is 1. The second kappa shape index (κ2) is 9.27. The number of alkyl halides is 2. The number of carboxylic acids is 1. The van der Waals surface area contributed by atoms with Crippen molar-refractivity contribution in [2.24, 2.45) is 5.41 Å². The van der Waals surface area contributed by atoms with Gasteiger partial charge >= 0.3 is 5.97 Å². The number of carbonyl (C=O) groups is 1. The Morgan fingerprint density at radius 1 is 1.23 bits per heavy atom. The molecule has 0 aliphatic rings. The molecule has 0 amide bonds. The van der Waals surface area contributed by atoms with Gasteiger partial charge in [0.2, 0.25) is 0 Å². The van der Waals surface area contributed by atoms with Crippen molar-refractivity contribution in [2.45, 2.75) is 64.7 Å². The molecule has 26 heavy (non-hydrogen) atoms. The zero-order valence-electron chi connectivity index (χ0n) is 15.9. The Bertz CT molecular complexity index is 604. The molecule has 1 aromatic carbocycles. The molecule has 0 aliphatic heterocycles. The first-order valence-electron chi connectivity index (χ1n) is 8.91. The van der Waals surface area contributed by atoms with Crippen LogP contribution >= 0.6 is 15.9 Å². The third-order valence-corrected chi connectivity index (χ3v) is 5.46. The van der Waals surface area contributed by atoms with Gasteiger partial charge in [-0.15, -0.1) is 0 Å². The summed E-state index contributed by atoms with van der Waals surface area (Å²) in [5, 5.41) is 9.69. The van der Waals surface area contributed by atoms with E-state index in [2.05, 4.69) is 15.9 Å². The van der Waals surface area contributed by atoms with Gasteiger partial charge in [0.1, 0.15) is 0 Å². The lowest BCUT2D eigenvalue weighted by atomic mass is 9.74. The fourth-order valence-corrected chi connectivity index (χ4v) is 3.03. The fraction of sp³-hybridized carbons (Fsp3) is 0.650. The highest BCUT2D eigenvalue weighted by Crippen LogP contribution is 2.43. The molecule has 0 saturated heterocycles. The summed E-state index contributed by atoms with van der Waals surface area (Å²) >= 11 is 3.31. The Kier molecular flexibility index (Phi) is 8.21. The van der Waals surface area contributed by atoms with Crippen molar-refractivity contribution < 1.29 is 23.4 Å². The first-order valence-corrected chi connectivity index (χ1v) is 9.70. The largest absolute Gasteiger partial charge is 0.481 e. The molecule has 6 heteroatoms. The number of aliphatic carboxylic acids is 1. The summed E-state index contributed by atoms with van der Waals surface area (Å²) in [5.74, 6) is -4.15. The van der Waals surface area contributed by atoms with Crippen molar-refractivity contribution >= 4 is 21.9 Å². The highest BCUT2D eigenvalue weighted by Gasteiger charge is 2.48. The van der Waals surface area contributed by atoms with Crippen LogP contribution in [0, 0.1) is 5.41 Å². The molecule has 1 aromatic rings. The molecule has 3 nitrogen and oxygen atoms in total. The molecule has 1 N–H and O–H groups in total. The fourth-order valence-electron chi connectivity index (χ4n) is 2.63. The normalized spacial score (nSPS) is 14.9. The minimum atomic E-state index is -3.04. The predicted molar refractivity (Wildman–Crippen MR) is 103 cm³/mol. The Morgan fingerprint density at radius 2 is 1.88 bits per heavy atom. The summed E-state index contributed by atoms with van der Waals surface area (Å²) in [6.45, 7) is 6.85. The molecular formula is C20H29BrF2O3. The van der Waals surface area contributed by atoms with E-state index in [0.29, 0.717) is 12.2 Å². The van der Waals surface area contributed by atoms with Crippen LogP contribution in [-0.4, -0.2) is 30.2 Å². The van der Waals surface area contributed by atoms with Crippen LogP contribution in [0.2, 0.25) is 0 Å². The molecule has 0 spiro atoms. The van der Waals surface area contributed by atoms with Gasteiger partial charge in [0, 0.05) is 17.5 Å². The predicted octanol–water partition coefficient (Wildman–Crippen LogP) is 6.05. The van der Waals surface area contributed by atoms with E-state index < -0.39 is 29.1 Å². The molecular weight excluding hydrogens is 406 g/mol. The lowest BCUT2D eigenvalue weighted by molar-refractivity contribution is -0.152. The zero-order chi connectivity index (χ0) is 20.0. The molecule has 0 saturated carbocycles. The Morgan fingerprint density at radius 3 is 2.42 bits per heavy atom. The molecule has 0 aliphatic carbocycles. The molecule has 0 fully saturated rings. The maximum Gasteiger partial charge on any atom is 0.313 e. The van der Waals surface area contributed by atoms with Gasteiger partial charge in [-0.1, -0.05) is 55.3 Å². The van der Waals surface area contributed by atoms with Gasteiger partial charge in [0.25, 0.3) is 5.92 Å². The number of carboxylic acid groups (broad SMARTS) is 1. The van der Waals surface area contributed by atoms with Crippen LogP contribution in [0.25, 0.3) is 0 Å². The topological polar surface area (TPSA) is 46.5 Å². The van der Waals surface area contributed by atoms with E-state index in [0.717, 1.165) is 17.3 Å². The Balaban J connectivity index is 2.88. The molecule has 1 atom stereocenters. The standard InChI is InChI=1S/C20H29BrF2O3/c1-5-6-12-26-14-18(2,3)20(22,23)11-10-19(4,17(24)25)15-8-7-9-16(21)13-15/h7-9,13H,5-6,10-12,14H2,1-4H3,(H,24,25). The SMILES string of the molecule is CCCCOCC(C)(C)C(F)(F)CCC(C)(C(=O)O)c1cccc(Br)c1. The quantitative estimate of drug-likeness (QED) is 0.431. The van der Waals surface area contributed by atoms with Crippen LogP contribution in [0.15, 0.2) is 28.7 Å². The lowest BCUT2D eigenvalue weighted by Crippen LogP contribution is -2.43. The summed E-state index contributed by atoms with van der Waals surface area (Å²) in [6, 6.07) is 6.82. The van der Waals surface area contributed by atoms with E-state index in [4.69, 9.17) is 4.74 Å². The first kappa shape index (κ1) is 23.0. The Hall–Kier alpha value is -1.01. The minimum Gasteiger partial charge on any atom is -0.481 e. The summed E-state index contributed by atoms with van der Waals surface area (Å²) < 4.78 is 35.8. The number of hydrogen-bond donors (Lipinski definition) is 1. The number of halogens is 3. The maximum atomic E-state index is 14.8. The number of hydrogen-bond acceptors (Lipinski definition) is 2. The van der Waals surface area contributed by atoms with Crippen molar-refractivity contribution in [3.63, 3.8) is 0 Å². The van der Waals surface area contributed by atoms with Crippen LogP contribution < -0.4 is 0 Å². The van der Waals surface area contributed by atoms with E-state index in [1.54, 1.807) is 24.3 Å². The van der Waals surface area contributed by atoms with Crippen molar-refractivity contribution in [3.05, 3.63) is 34.3 Å². The minimum absolute atomic E-state index is 0.0549. The zero-order valence-corrected chi connectivity index (χ0v) is 17.5. The van der Waals surface area contributed by atoms with E-state index in [1.807, 2.05) is 6.92 Å². The van der Waals surface area contributed by atoms with Crippen molar-refractivity contribution in [3.8, 4) is 0 Å². The second-order valence-corrected chi connectivity index (χ2v) is 8.56. The molecule has 0 bridgehead atoms. The number of rotatable bonds is 11. The van der Waals surface area contributed by atoms with Crippen molar-refractivity contribution in [2.75, 3.05) is 13.2 Å². The lowest BCUT2D eigenvalue weighted by Gasteiger charge is -2.36. The highest BCUT2D eigenvalue weighted by molar-refractivity contribution is 9.10. The summed E-state index contributed by atoms with van der Waals surface area (Å²) in [6.07, 6.45) is 1.10. The van der Waals surface area contributed by atoms with Gasteiger partial charge in [-0.25, -0.2) is 8.78 Å². The second-order valence-electron chi connectivity index (χ2n) is 7.64. The molecule has 1 rings (SSSR count).